The Morgan fingerprint density at radius 3 is 2.56 bits per heavy atom. The number of pyridine rings is 1. The maximum Gasteiger partial charge on any atom is 0.253 e. The smallest absolute Gasteiger partial charge is 0.253 e. The second-order valence-corrected chi connectivity index (χ2v) is 6.19. The van der Waals surface area contributed by atoms with Crippen LogP contribution in [0.15, 0.2) is 23.0 Å². The minimum Gasteiger partial charge on any atom is -0.348 e. The number of nitrogens with zero attached hydrogens (tertiary/aromatic N) is 1. The summed E-state index contributed by atoms with van der Waals surface area (Å²) in [4.78, 5) is 27.5. The summed E-state index contributed by atoms with van der Waals surface area (Å²) in [6, 6.07) is 5.33. The Bertz CT molecular complexity index is 900. The molecule has 0 atom stereocenters. The van der Waals surface area contributed by atoms with Gasteiger partial charge in [-0.25, -0.2) is 4.58 Å². The van der Waals surface area contributed by atoms with Crippen LogP contribution in [0.3, 0.4) is 0 Å². The third-order valence-electron chi connectivity index (χ3n) is 4.29. The van der Waals surface area contributed by atoms with E-state index >= 15 is 0 Å². The summed E-state index contributed by atoms with van der Waals surface area (Å²) in [5.74, 6) is -0.269. The first-order valence-electron chi connectivity index (χ1n) is 8.20. The Kier molecular flexibility index (Phi) is 5.62. The number of amides is 1. The zero-order valence-corrected chi connectivity index (χ0v) is 15.2. The Labute approximate surface area is 149 Å². The lowest BCUT2D eigenvalue weighted by molar-refractivity contribution is -0.427. The molecule has 2 radical (unpaired) electrons. The van der Waals surface area contributed by atoms with Crippen LogP contribution in [0.2, 0.25) is 0 Å². The fourth-order valence-corrected chi connectivity index (χ4v) is 2.82. The number of carbonyl (C=O) groups excluding carboxylic acids is 1. The SMILES string of the molecule is [B]c1cc(C(=O)NCc2c(C)cc(C)[nH]c2=O)c(C)c([N+](=C)CC)c1. The Morgan fingerprint density at radius 2 is 1.96 bits per heavy atom. The third kappa shape index (κ3) is 4.07. The number of benzene rings is 1. The summed E-state index contributed by atoms with van der Waals surface area (Å²) in [6.07, 6.45) is 0. The number of nitrogens with one attached hydrogen (secondary N) is 2. The molecule has 1 aromatic heterocycles. The van der Waals surface area contributed by atoms with Crippen LogP contribution in [-0.2, 0) is 6.54 Å². The van der Waals surface area contributed by atoms with E-state index in [0.29, 0.717) is 23.1 Å². The lowest BCUT2D eigenvalue weighted by atomic mass is 9.90. The van der Waals surface area contributed by atoms with Gasteiger partial charge in [-0.15, -0.1) is 0 Å². The number of carbonyl (C=O) groups is 1. The number of rotatable bonds is 5. The van der Waals surface area contributed by atoms with E-state index in [4.69, 9.17) is 7.85 Å². The lowest BCUT2D eigenvalue weighted by Gasteiger charge is -2.12. The molecule has 25 heavy (non-hydrogen) atoms. The molecule has 6 heteroatoms. The largest absolute Gasteiger partial charge is 0.348 e. The number of H-pyrrole nitrogens is 1. The Morgan fingerprint density at radius 1 is 1.28 bits per heavy atom. The monoisotopic (exact) mass is 336 g/mol. The topological polar surface area (TPSA) is 65.0 Å². The number of hydrogen-bond acceptors (Lipinski definition) is 2. The molecule has 2 N–H and O–H groups in total. The average molecular weight is 336 g/mol. The molecular weight excluding hydrogens is 313 g/mol. The fraction of sp³-hybridized carbons (Fsp3) is 0.316. The second-order valence-electron chi connectivity index (χ2n) is 6.19. The fourth-order valence-electron chi connectivity index (χ4n) is 2.82. The number of aromatic nitrogens is 1. The van der Waals surface area contributed by atoms with Crippen LogP contribution in [0.4, 0.5) is 5.69 Å². The standard InChI is InChI=1S/C19H22BN3O2/c1-6-23(5)17-9-14(20)8-15(13(17)4)18(24)21-10-16-11(2)7-12(3)22-19(16)25/h7-9H,5-6,10H2,1-4H3,(H-,21,22,24,25)/p+1. The van der Waals surface area contributed by atoms with Gasteiger partial charge in [-0.2, -0.15) is 0 Å². The number of aryl methyl sites for hydroxylation is 2. The molecule has 0 spiro atoms. The van der Waals surface area contributed by atoms with E-state index in [1.165, 1.54) is 0 Å². The molecule has 2 rings (SSSR count). The number of aromatic amines is 1. The molecular formula is C19H23BN3O2+. The van der Waals surface area contributed by atoms with Crippen LogP contribution in [0.1, 0.15) is 39.7 Å². The van der Waals surface area contributed by atoms with Gasteiger partial charge in [0.2, 0.25) is 5.69 Å². The highest BCUT2D eigenvalue weighted by Gasteiger charge is 2.18. The highest BCUT2D eigenvalue weighted by atomic mass is 16.1. The van der Waals surface area contributed by atoms with Gasteiger partial charge in [0, 0.05) is 35.0 Å². The molecule has 1 aromatic carbocycles. The summed E-state index contributed by atoms with van der Waals surface area (Å²) in [5, 5.41) is 2.82. The van der Waals surface area contributed by atoms with Gasteiger partial charge in [0.25, 0.3) is 11.5 Å². The normalized spacial score (nSPS) is 10.6. The van der Waals surface area contributed by atoms with Crippen molar-refractivity contribution in [1.29, 1.82) is 0 Å². The molecule has 0 saturated heterocycles. The van der Waals surface area contributed by atoms with Gasteiger partial charge < -0.3 is 10.3 Å². The van der Waals surface area contributed by atoms with Gasteiger partial charge in [-0.1, -0.05) is 11.5 Å². The quantitative estimate of drug-likeness (QED) is 0.492. The van der Waals surface area contributed by atoms with Crippen molar-refractivity contribution in [3.63, 3.8) is 0 Å². The van der Waals surface area contributed by atoms with E-state index in [1.54, 1.807) is 16.7 Å². The van der Waals surface area contributed by atoms with Crippen LogP contribution in [0.5, 0.6) is 0 Å². The van der Waals surface area contributed by atoms with Crippen molar-refractivity contribution in [1.82, 2.24) is 10.3 Å². The van der Waals surface area contributed by atoms with Gasteiger partial charge >= 0.3 is 0 Å². The zero-order valence-electron chi connectivity index (χ0n) is 15.2. The van der Waals surface area contributed by atoms with Crippen molar-refractivity contribution in [2.75, 3.05) is 6.54 Å². The molecule has 0 fully saturated rings. The summed E-state index contributed by atoms with van der Waals surface area (Å²) >= 11 is 0. The summed E-state index contributed by atoms with van der Waals surface area (Å²) < 4.78 is 1.79. The lowest BCUT2D eigenvalue weighted by Crippen LogP contribution is -2.29. The predicted molar refractivity (Wildman–Crippen MR) is 102 cm³/mol. The average Bonchev–Trinajstić information content (AvgIpc) is 2.54. The Balaban J connectivity index is 2.29. The van der Waals surface area contributed by atoms with E-state index in [-0.39, 0.29) is 18.0 Å². The predicted octanol–water partition coefficient (Wildman–Crippen LogP) is 1.39. The highest BCUT2D eigenvalue weighted by molar-refractivity contribution is 6.33. The van der Waals surface area contributed by atoms with Crippen LogP contribution >= 0.6 is 0 Å². The van der Waals surface area contributed by atoms with Gasteiger partial charge in [-0.3, -0.25) is 9.59 Å². The van der Waals surface area contributed by atoms with Crippen LogP contribution in [0.25, 0.3) is 0 Å². The summed E-state index contributed by atoms with van der Waals surface area (Å²) in [7, 11) is 5.94. The van der Waals surface area contributed by atoms with E-state index in [2.05, 4.69) is 17.0 Å². The molecule has 1 amide bonds. The molecule has 0 saturated carbocycles. The molecule has 1 heterocycles. The second kappa shape index (κ2) is 7.51. The van der Waals surface area contributed by atoms with Crippen molar-refractivity contribution in [2.45, 2.75) is 34.2 Å². The summed E-state index contributed by atoms with van der Waals surface area (Å²) in [5.41, 5.74) is 4.61. The van der Waals surface area contributed by atoms with Gasteiger partial charge in [0.15, 0.2) is 0 Å². The van der Waals surface area contributed by atoms with Gasteiger partial charge in [-0.05, 0) is 39.3 Å². The molecule has 0 aliphatic carbocycles. The Hall–Kier alpha value is -2.63. The van der Waals surface area contributed by atoms with Crippen molar-refractivity contribution in [3.05, 3.63) is 56.5 Å². The molecule has 128 valence electrons. The van der Waals surface area contributed by atoms with Crippen molar-refractivity contribution >= 4 is 31.6 Å². The van der Waals surface area contributed by atoms with E-state index in [1.807, 2.05) is 33.8 Å². The van der Waals surface area contributed by atoms with Gasteiger partial charge in [0.1, 0.15) is 21.1 Å². The van der Waals surface area contributed by atoms with Crippen LogP contribution in [0, 0.1) is 20.8 Å². The molecule has 0 bridgehead atoms. The zero-order chi connectivity index (χ0) is 18.7. The first-order valence-corrected chi connectivity index (χ1v) is 8.20. The van der Waals surface area contributed by atoms with Crippen molar-refractivity contribution in [3.8, 4) is 0 Å². The minimum atomic E-state index is -0.269. The molecule has 0 unspecified atom stereocenters. The van der Waals surface area contributed by atoms with Crippen molar-refractivity contribution in [2.24, 2.45) is 0 Å². The molecule has 2 aromatic rings. The molecule has 0 aliphatic heterocycles. The molecule has 5 nitrogen and oxygen atoms in total. The third-order valence-corrected chi connectivity index (χ3v) is 4.29. The van der Waals surface area contributed by atoms with Crippen LogP contribution in [-0.4, -0.2) is 36.6 Å². The molecule has 0 aliphatic rings. The van der Waals surface area contributed by atoms with E-state index in [9.17, 15) is 9.59 Å². The maximum absolute atomic E-state index is 12.6. The van der Waals surface area contributed by atoms with E-state index in [0.717, 1.165) is 22.5 Å². The van der Waals surface area contributed by atoms with Crippen LogP contribution < -0.4 is 16.3 Å². The summed E-state index contributed by atoms with van der Waals surface area (Å²) in [6.45, 7) is 12.3. The number of hydrogen-bond donors (Lipinski definition) is 2. The highest BCUT2D eigenvalue weighted by Crippen LogP contribution is 2.20. The van der Waals surface area contributed by atoms with Crippen molar-refractivity contribution < 1.29 is 9.37 Å². The first kappa shape index (κ1) is 18.7. The van der Waals surface area contributed by atoms with Gasteiger partial charge in [0.05, 0.1) is 0 Å². The minimum absolute atomic E-state index is 0.158. The van der Waals surface area contributed by atoms with E-state index < -0.39 is 0 Å². The first-order chi connectivity index (χ1) is 11.7. The maximum atomic E-state index is 12.6.